The molecule has 0 spiro atoms. The molecule has 0 aromatic heterocycles. The largest absolute Gasteiger partial charge is 0.325 e. The van der Waals surface area contributed by atoms with Crippen molar-refractivity contribution in [1.29, 1.82) is 0 Å². The summed E-state index contributed by atoms with van der Waals surface area (Å²) in [6.07, 6.45) is 12.2. The molecular formula is C14H28N2. The average molecular weight is 224 g/mol. The van der Waals surface area contributed by atoms with Crippen molar-refractivity contribution in [3.63, 3.8) is 0 Å². The highest BCUT2D eigenvalue weighted by Crippen LogP contribution is 2.31. The third kappa shape index (κ3) is 2.98. The number of nitrogens with zero attached hydrogens (tertiary/aromatic N) is 1. The van der Waals surface area contributed by atoms with E-state index in [0.29, 0.717) is 0 Å². The number of hydrogen-bond acceptors (Lipinski definition) is 2. The summed E-state index contributed by atoms with van der Waals surface area (Å²) >= 11 is 0. The van der Waals surface area contributed by atoms with Crippen LogP contribution in [0.4, 0.5) is 0 Å². The van der Waals surface area contributed by atoms with Crippen molar-refractivity contribution >= 4 is 0 Å². The average Bonchev–Trinajstić information content (AvgIpc) is 2.91. The molecule has 2 nitrogen and oxygen atoms in total. The maximum atomic E-state index is 6.43. The van der Waals surface area contributed by atoms with Crippen LogP contribution in [0, 0.1) is 0 Å². The van der Waals surface area contributed by atoms with Crippen LogP contribution in [0.25, 0.3) is 0 Å². The summed E-state index contributed by atoms with van der Waals surface area (Å²) in [5, 5.41) is 0. The van der Waals surface area contributed by atoms with Crippen LogP contribution >= 0.6 is 0 Å². The van der Waals surface area contributed by atoms with Crippen LogP contribution in [0.5, 0.6) is 0 Å². The van der Waals surface area contributed by atoms with Crippen LogP contribution in [0.1, 0.15) is 64.7 Å². The minimum atomic E-state index is 0.187. The second-order valence-electron chi connectivity index (χ2n) is 5.89. The highest BCUT2D eigenvalue weighted by molar-refractivity contribution is 4.90. The van der Waals surface area contributed by atoms with E-state index in [-0.39, 0.29) is 5.54 Å². The second kappa shape index (κ2) is 5.50. The van der Waals surface area contributed by atoms with Crippen LogP contribution in [-0.2, 0) is 0 Å². The van der Waals surface area contributed by atoms with Crippen LogP contribution in [-0.4, -0.2) is 29.6 Å². The summed E-state index contributed by atoms with van der Waals surface area (Å²) in [5.41, 5.74) is 6.62. The maximum Gasteiger partial charge on any atom is 0.0166 e. The molecule has 0 bridgehead atoms. The van der Waals surface area contributed by atoms with Crippen LogP contribution in [0.2, 0.25) is 0 Å². The molecular weight excluding hydrogens is 196 g/mol. The molecule has 2 heteroatoms. The molecule has 16 heavy (non-hydrogen) atoms. The van der Waals surface area contributed by atoms with E-state index >= 15 is 0 Å². The monoisotopic (exact) mass is 224 g/mol. The van der Waals surface area contributed by atoms with E-state index in [1.165, 1.54) is 70.9 Å². The fourth-order valence-electron chi connectivity index (χ4n) is 3.56. The summed E-state index contributed by atoms with van der Waals surface area (Å²) in [7, 11) is 0. The minimum absolute atomic E-state index is 0.187. The first-order valence-corrected chi connectivity index (χ1v) is 7.26. The quantitative estimate of drug-likeness (QED) is 0.778. The van der Waals surface area contributed by atoms with E-state index in [0.717, 1.165) is 6.04 Å². The van der Waals surface area contributed by atoms with Gasteiger partial charge in [0.1, 0.15) is 0 Å². The van der Waals surface area contributed by atoms with Gasteiger partial charge in [-0.25, -0.2) is 0 Å². The van der Waals surface area contributed by atoms with Crippen LogP contribution in [0.3, 0.4) is 0 Å². The van der Waals surface area contributed by atoms with E-state index in [1.54, 1.807) is 0 Å². The Kier molecular flexibility index (Phi) is 4.26. The third-order valence-corrected chi connectivity index (χ3v) is 4.74. The zero-order valence-electron chi connectivity index (χ0n) is 10.9. The lowest BCUT2D eigenvalue weighted by Crippen LogP contribution is -2.42. The molecule has 0 aliphatic heterocycles. The first-order valence-electron chi connectivity index (χ1n) is 7.26. The van der Waals surface area contributed by atoms with Gasteiger partial charge < -0.3 is 10.6 Å². The molecule has 0 atom stereocenters. The van der Waals surface area contributed by atoms with Gasteiger partial charge in [-0.3, -0.25) is 0 Å². The smallest absolute Gasteiger partial charge is 0.0166 e. The first kappa shape index (κ1) is 12.4. The fourth-order valence-corrected chi connectivity index (χ4v) is 3.56. The van der Waals surface area contributed by atoms with Crippen LogP contribution < -0.4 is 5.73 Å². The molecule has 0 radical (unpaired) electrons. The molecule has 0 amide bonds. The van der Waals surface area contributed by atoms with E-state index < -0.39 is 0 Å². The SMILES string of the molecule is CCN(CCC1(N)CCCC1)C1CCCC1. The van der Waals surface area contributed by atoms with Gasteiger partial charge in [0.2, 0.25) is 0 Å². The Bertz CT molecular complexity index is 203. The molecule has 2 aliphatic rings. The number of nitrogens with two attached hydrogens (primary N) is 1. The summed E-state index contributed by atoms with van der Waals surface area (Å²) in [4.78, 5) is 2.68. The van der Waals surface area contributed by atoms with Gasteiger partial charge in [-0.05, 0) is 38.6 Å². The lowest BCUT2D eigenvalue weighted by Gasteiger charge is -2.32. The topological polar surface area (TPSA) is 29.3 Å². The van der Waals surface area contributed by atoms with Crippen molar-refractivity contribution in [2.45, 2.75) is 76.3 Å². The lowest BCUT2D eigenvalue weighted by atomic mass is 9.94. The standard InChI is InChI=1S/C14H28N2/c1-2-16(13-7-3-4-8-13)12-11-14(15)9-5-6-10-14/h13H,2-12,15H2,1H3. The Morgan fingerprint density at radius 2 is 1.75 bits per heavy atom. The fraction of sp³-hybridized carbons (Fsp3) is 1.00. The molecule has 2 saturated carbocycles. The molecule has 94 valence electrons. The highest BCUT2D eigenvalue weighted by Gasteiger charge is 2.30. The number of rotatable bonds is 5. The molecule has 0 unspecified atom stereocenters. The van der Waals surface area contributed by atoms with E-state index in [4.69, 9.17) is 5.73 Å². The zero-order valence-corrected chi connectivity index (χ0v) is 10.9. The molecule has 0 heterocycles. The van der Waals surface area contributed by atoms with Crippen LogP contribution in [0.15, 0.2) is 0 Å². The van der Waals surface area contributed by atoms with Crippen molar-refractivity contribution in [2.75, 3.05) is 13.1 Å². The van der Waals surface area contributed by atoms with Crippen molar-refractivity contribution in [3.05, 3.63) is 0 Å². The van der Waals surface area contributed by atoms with Gasteiger partial charge in [-0.15, -0.1) is 0 Å². The first-order chi connectivity index (χ1) is 7.73. The summed E-state index contributed by atoms with van der Waals surface area (Å²) in [5.74, 6) is 0. The van der Waals surface area contributed by atoms with Crippen molar-refractivity contribution < 1.29 is 0 Å². The van der Waals surface area contributed by atoms with Crippen molar-refractivity contribution in [3.8, 4) is 0 Å². The predicted molar refractivity (Wildman–Crippen MR) is 69.5 cm³/mol. The molecule has 2 N–H and O–H groups in total. The Labute approximate surface area is 101 Å². The van der Waals surface area contributed by atoms with Gasteiger partial charge in [0.05, 0.1) is 0 Å². The molecule has 2 aliphatic carbocycles. The van der Waals surface area contributed by atoms with E-state index in [1.807, 2.05) is 0 Å². The van der Waals surface area contributed by atoms with Gasteiger partial charge >= 0.3 is 0 Å². The van der Waals surface area contributed by atoms with Gasteiger partial charge in [0.25, 0.3) is 0 Å². The van der Waals surface area contributed by atoms with Gasteiger partial charge in [0, 0.05) is 18.1 Å². The second-order valence-corrected chi connectivity index (χ2v) is 5.89. The summed E-state index contributed by atoms with van der Waals surface area (Å²) in [6.45, 7) is 4.74. The molecule has 0 aromatic carbocycles. The maximum absolute atomic E-state index is 6.43. The molecule has 2 rings (SSSR count). The Morgan fingerprint density at radius 1 is 1.12 bits per heavy atom. The Morgan fingerprint density at radius 3 is 2.31 bits per heavy atom. The highest BCUT2D eigenvalue weighted by atomic mass is 15.2. The molecule has 0 saturated heterocycles. The minimum Gasteiger partial charge on any atom is -0.325 e. The summed E-state index contributed by atoms with van der Waals surface area (Å²) < 4.78 is 0. The molecule has 0 aromatic rings. The normalized spacial score (nSPS) is 25.7. The zero-order chi connectivity index (χ0) is 11.4. The molecule has 2 fully saturated rings. The summed E-state index contributed by atoms with van der Waals surface area (Å²) in [6, 6.07) is 0.870. The van der Waals surface area contributed by atoms with Gasteiger partial charge in [-0.2, -0.15) is 0 Å². The lowest BCUT2D eigenvalue weighted by molar-refractivity contribution is 0.187. The Hall–Kier alpha value is -0.0800. The van der Waals surface area contributed by atoms with Gasteiger partial charge in [0.15, 0.2) is 0 Å². The van der Waals surface area contributed by atoms with E-state index in [9.17, 15) is 0 Å². The van der Waals surface area contributed by atoms with Crippen molar-refractivity contribution in [2.24, 2.45) is 5.73 Å². The predicted octanol–water partition coefficient (Wildman–Crippen LogP) is 2.91. The Balaban J connectivity index is 1.77. The van der Waals surface area contributed by atoms with Crippen molar-refractivity contribution in [1.82, 2.24) is 4.90 Å². The van der Waals surface area contributed by atoms with E-state index in [2.05, 4.69) is 11.8 Å². The third-order valence-electron chi connectivity index (χ3n) is 4.74. The van der Waals surface area contributed by atoms with Gasteiger partial charge in [-0.1, -0.05) is 32.6 Å². The number of hydrogen-bond donors (Lipinski definition) is 1.